The van der Waals surface area contributed by atoms with Crippen LogP contribution in [0.5, 0.6) is 0 Å². The molecule has 16 heavy (non-hydrogen) atoms. The molecule has 0 saturated heterocycles. The normalized spacial score (nSPS) is 30.8. The summed E-state index contributed by atoms with van der Waals surface area (Å²) in [6, 6.07) is 3.87. The third-order valence-electron chi connectivity index (χ3n) is 3.25. The van der Waals surface area contributed by atoms with Crippen LogP contribution in [0.1, 0.15) is 24.1 Å². The van der Waals surface area contributed by atoms with Gasteiger partial charge in [-0.1, -0.05) is 6.07 Å². The van der Waals surface area contributed by atoms with Crippen LogP contribution in [0.15, 0.2) is 17.5 Å². The number of aliphatic hydroxyl groups is 1. The summed E-state index contributed by atoms with van der Waals surface area (Å²) in [4.78, 5) is 1.05. The number of sulfone groups is 1. The lowest BCUT2D eigenvalue weighted by atomic mass is 9.97. The Morgan fingerprint density at radius 2 is 2.38 bits per heavy atom. The van der Waals surface area contributed by atoms with E-state index in [1.807, 2.05) is 17.5 Å². The Bertz CT molecular complexity index is 450. The minimum absolute atomic E-state index is 0.461. The van der Waals surface area contributed by atoms with E-state index in [1.165, 1.54) is 6.26 Å². The highest BCUT2D eigenvalue weighted by molar-refractivity contribution is 7.91. The molecule has 1 aromatic rings. The van der Waals surface area contributed by atoms with E-state index >= 15 is 0 Å². The maximum absolute atomic E-state index is 11.6. The summed E-state index contributed by atoms with van der Waals surface area (Å²) in [5, 5.41) is 11.8. The lowest BCUT2D eigenvalue weighted by Gasteiger charge is -2.28. The molecule has 0 radical (unpaired) electrons. The van der Waals surface area contributed by atoms with Crippen LogP contribution in [0.2, 0.25) is 0 Å². The Morgan fingerprint density at radius 1 is 1.62 bits per heavy atom. The van der Waals surface area contributed by atoms with Gasteiger partial charge in [-0.05, 0) is 30.7 Å². The highest BCUT2D eigenvalue weighted by atomic mass is 32.2. The van der Waals surface area contributed by atoms with Crippen LogP contribution in [0.4, 0.5) is 0 Å². The van der Waals surface area contributed by atoms with Crippen LogP contribution in [0, 0.1) is 0 Å². The molecule has 1 aliphatic rings. The second-order valence-corrected chi connectivity index (χ2v) is 7.83. The zero-order valence-corrected chi connectivity index (χ0v) is 10.9. The summed E-state index contributed by atoms with van der Waals surface area (Å²) < 4.78 is 23.2. The summed E-state index contributed by atoms with van der Waals surface area (Å²) in [6.45, 7) is 0. The standard InChI is InChI=1S/C11H16O3S2/c1-16(13,14)10-5-2-6-11(10,12)8-9-4-3-7-15-9/h3-4,7,10,12H,2,5-6,8H2,1H3. The molecule has 2 atom stereocenters. The van der Waals surface area contributed by atoms with E-state index in [2.05, 4.69) is 0 Å². The first-order chi connectivity index (χ1) is 7.42. The van der Waals surface area contributed by atoms with Gasteiger partial charge in [-0.15, -0.1) is 11.3 Å². The lowest BCUT2D eigenvalue weighted by molar-refractivity contribution is 0.0521. The quantitative estimate of drug-likeness (QED) is 0.898. The topological polar surface area (TPSA) is 54.4 Å². The monoisotopic (exact) mass is 260 g/mol. The molecule has 0 amide bonds. The van der Waals surface area contributed by atoms with Crippen molar-refractivity contribution in [1.29, 1.82) is 0 Å². The number of thiophene rings is 1. The van der Waals surface area contributed by atoms with Gasteiger partial charge in [0.15, 0.2) is 9.84 Å². The van der Waals surface area contributed by atoms with Crippen molar-refractivity contribution in [3.05, 3.63) is 22.4 Å². The van der Waals surface area contributed by atoms with Gasteiger partial charge in [0.05, 0.1) is 10.9 Å². The minimum atomic E-state index is -3.16. The molecule has 0 aromatic carbocycles. The van der Waals surface area contributed by atoms with Crippen molar-refractivity contribution in [2.24, 2.45) is 0 Å². The molecular formula is C11H16O3S2. The largest absolute Gasteiger partial charge is 0.388 e. The van der Waals surface area contributed by atoms with Gasteiger partial charge in [0.2, 0.25) is 0 Å². The molecule has 1 aliphatic carbocycles. The summed E-state index contributed by atoms with van der Waals surface area (Å²) in [5.41, 5.74) is -1.06. The molecule has 1 saturated carbocycles. The van der Waals surface area contributed by atoms with Gasteiger partial charge >= 0.3 is 0 Å². The average Bonchev–Trinajstić information content (AvgIpc) is 2.73. The summed E-state index contributed by atoms with van der Waals surface area (Å²) in [5.74, 6) is 0. The molecule has 90 valence electrons. The maximum Gasteiger partial charge on any atom is 0.153 e. The van der Waals surface area contributed by atoms with Gasteiger partial charge in [-0.2, -0.15) is 0 Å². The zero-order valence-electron chi connectivity index (χ0n) is 9.22. The van der Waals surface area contributed by atoms with Gasteiger partial charge in [0, 0.05) is 17.6 Å². The molecule has 1 heterocycles. The predicted molar refractivity (Wildman–Crippen MR) is 65.5 cm³/mol. The van der Waals surface area contributed by atoms with Crippen LogP contribution in [-0.4, -0.2) is 30.6 Å². The van der Waals surface area contributed by atoms with E-state index in [4.69, 9.17) is 0 Å². The van der Waals surface area contributed by atoms with E-state index in [0.29, 0.717) is 19.3 Å². The molecule has 5 heteroatoms. The number of hydrogen-bond donors (Lipinski definition) is 1. The summed E-state index contributed by atoms with van der Waals surface area (Å²) in [7, 11) is -3.16. The average molecular weight is 260 g/mol. The van der Waals surface area contributed by atoms with Crippen LogP contribution < -0.4 is 0 Å². The van der Waals surface area contributed by atoms with Crippen molar-refractivity contribution in [2.45, 2.75) is 36.5 Å². The Labute approximate surface area is 100 Å². The van der Waals surface area contributed by atoms with Gasteiger partial charge in [-0.3, -0.25) is 0 Å². The first kappa shape index (κ1) is 12.1. The smallest absolute Gasteiger partial charge is 0.153 e. The molecule has 2 rings (SSSR count). The van der Waals surface area contributed by atoms with Crippen molar-refractivity contribution in [2.75, 3.05) is 6.26 Å². The first-order valence-electron chi connectivity index (χ1n) is 5.35. The highest BCUT2D eigenvalue weighted by Crippen LogP contribution is 2.37. The number of hydrogen-bond acceptors (Lipinski definition) is 4. The van der Waals surface area contributed by atoms with Gasteiger partial charge in [0.25, 0.3) is 0 Å². The summed E-state index contributed by atoms with van der Waals surface area (Å²) >= 11 is 1.57. The second kappa shape index (κ2) is 4.13. The van der Waals surface area contributed by atoms with Gasteiger partial charge in [-0.25, -0.2) is 8.42 Å². The Hall–Kier alpha value is -0.390. The molecule has 3 nitrogen and oxygen atoms in total. The fraction of sp³-hybridized carbons (Fsp3) is 0.636. The molecule has 0 aliphatic heterocycles. The lowest BCUT2D eigenvalue weighted by Crippen LogP contribution is -2.43. The molecule has 0 spiro atoms. The molecule has 1 fully saturated rings. The predicted octanol–water partition coefficient (Wildman–Crippen LogP) is 1.62. The Kier molecular flexibility index (Phi) is 3.11. The fourth-order valence-electron chi connectivity index (χ4n) is 2.55. The van der Waals surface area contributed by atoms with Crippen molar-refractivity contribution >= 4 is 21.2 Å². The SMILES string of the molecule is CS(=O)(=O)C1CCCC1(O)Cc1cccs1. The van der Waals surface area contributed by atoms with Crippen molar-refractivity contribution in [1.82, 2.24) is 0 Å². The van der Waals surface area contributed by atoms with Crippen LogP contribution in [0.3, 0.4) is 0 Å². The molecule has 1 aromatic heterocycles. The van der Waals surface area contributed by atoms with Crippen molar-refractivity contribution in [3.63, 3.8) is 0 Å². The zero-order chi connectivity index (χ0) is 11.8. The third kappa shape index (κ3) is 2.31. The molecular weight excluding hydrogens is 244 g/mol. The number of rotatable bonds is 3. The first-order valence-corrected chi connectivity index (χ1v) is 8.19. The Balaban J connectivity index is 2.23. The Morgan fingerprint density at radius 3 is 2.94 bits per heavy atom. The molecule has 0 bridgehead atoms. The van der Waals surface area contributed by atoms with Crippen LogP contribution >= 0.6 is 11.3 Å². The van der Waals surface area contributed by atoms with Crippen molar-refractivity contribution in [3.8, 4) is 0 Å². The van der Waals surface area contributed by atoms with Gasteiger partial charge < -0.3 is 5.11 Å². The van der Waals surface area contributed by atoms with Crippen LogP contribution in [-0.2, 0) is 16.3 Å². The van der Waals surface area contributed by atoms with Gasteiger partial charge in [0.1, 0.15) is 0 Å². The third-order valence-corrected chi connectivity index (χ3v) is 5.84. The summed E-state index contributed by atoms with van der Waals surface area (Å²) in [6.07, 6.45) is 3.65. The van der Waals surface area contributed by atoms with E-state index in [0.717, 1.165) is 11.3 Å². The second-order valence-electron chi connectivity index (χ2n) is 4.57. The van der Waals surface area contributed by atoms with E-state index in [1.54, 1.807) is 11.3 Å². The molecule has 2 unspecified atom stereocenters. The molecule has 1 N–H and O–H groups in total. The fourth-order valence-corrected chi connectivity index (χ4v) is 4.97. The van der Waals surface area contributed by atoms with E-state index in [9.17, 15) is 13.5 Å². The van der Waals surface area contributed by atoms with E-state index in [-0.39, 0.29) is 0 Å². The van der Waals surface area contributed by atoms with Crippen molar-refractivity contribution < 1.29 is 13.5 Å². The van der Waals surface area contributed by atoms with Crippen LogP contribution in [0.25, 0.3) is 0 Å². The van der Waals surface area contributed by atoms with E-state index < -0.39 is 20.7 Å². The maximum atomic E-state index is 11.6. The highest BCUT2D eigenvalue weighted by Gasteiger charge is 2.46. The minimum Gasteiger partial charge on any atom is -0.388 e.